The number of hydrogen-bond donors (Lipinski definition) is 1. The normalized spacial score (nSPS) is 16.2. The third-order valence-corrected chi connectivity index (χ3v) is 2.59. The Bertz CT molecular complexity index is 617. The van der Waals surface area contributed by atoms with Crippen molar-refractivity contribution in [3.63, 3.8) is 0 Å². The molecule has 2 heterocycles. The number of nitrogens with one attached hydrogen (secondary N) is 1. The second-order valence-corrected chi connectivity index (χ2v) is 3.84. The molecule has 3 rings (SSSR count). The summed E-state index contributed by atoms with van der Waals surface area (Å²) < 4.78 is 0. The quantitative estimate of drug-likeness (QED) is 0.836. The van der Waals surface area contributed by atoms with Gasteiger partial charge in [0.2, 0.25) is 5.96 Å². The molecule has 1 aromatic heterocycles. The maximum absolute atomic E-state index is 12.1. The standard InChI is InChI=1S/C12H9N5O2/c18-16-10-5-1-2-6-11(10)17(19)15-12(16)14-9-4-3-7-13-8-9/h1-8H,(H,14,15)/q-2. The molecule has 0 fully saturated rings. The number of hydrogen-bond acceptors (Lipinski definition) is 5. The number of aliphatic imine (C=N–C) groups is 1. The predicted octanol–water partition coefficient (Wildman–Crippen LogP) is 1.90. The van der Waals surface area contributed by atoms with Crippen molar-refractivity contribution in [2.24, 2.45) is 4.99 Å². The lowest BCUT2D eigenvalue weighted by atomic mass is 10.2. The van der Waals surface area contributed by atoms with Crippen molar-refractivity contribution in [2.75, 3.05) is 10.2 Å². The summed E-state index contributed by atoms with van der Waals surface area (Å²) >= 11 is 0. The van der Waals surface area contributed by atoms with Crippen LogP contribution in [0.25, 0.3) is 0 Å². The van der Waals surface area contributed by atoms with Crippen molar-refractivity contribution in [3.05, 3.63) is 59.2 Å². The highest BCUT2D eigenvalue weighted by Crippen LogP contribution is 2.31. The van der Waals surface area contributed by atoms with Gasteiger partial charge in [-0.25, -0.2) is 4.99 Å². The maximum Gasteiger partial charge on any atom is 0.211 e. The third-order valence-electron chi connectivity index (χ3n) is 2.59. The first-order valence-electron chi connectivity index (χ1n) is 5.54. The van der Waals surface area contributed by atoms with E-state index in [1.165, 1.54) is 6.20 Å². The molecule has 1 aliphatic rings. The van der Waals surface area contributed by atoms with Gasteiger partial charge >= 0.3 is 0 Å². The van der Waals surface area contributed by atoms with Gasteiger partial charge in [-0.1, -0.05) is 12.1 Å². The summed E-state index contributed by atoms with van der Waals surface area (Å²) in [6, 6.07) is 9.87. The van der Waals surface area contributed by atoms with E-state index in [0.29, 0.717) is 15.9 Å². The zero-order valence-corrected chi connectivity index (χ0v) is 9.72. The molecule has 2 aromatic rings. The summed E-state index contributed by atoms with van der Waals surface area (Å²) in [6.45, 7) is 0. The predicted molar refractivity (Wildman–Crippen MR) is 72.6 cm³/mol. The summed E-state index contributed by atoms with van der Waals surface area (Å²) in [5.74, 6) is -0.0956. The van der Waals surface area contributed by atoms with Crippen molar-refractivity contribution in [3.8, 4) is 0 Å². The highest BCUT2D eigenvalue weighted by molar-refractivity contribution is 6.04. The monoisotopic (exact) mass is 255 g/mol. The number of para-hydroxylation sites is 2. The Kier molecular flexibility index (Phi) is 2.75. The number of nitrogens with zero attached hydrogens (tertiary/aromatic N) is 4. The van der Waals surface area contributed by atoms with E-state index in [9.17, 15) is 10.4 Å². The number of pyridine rings is 1. The first-order chi connectivity index (χ1) is 9.25. The molecular formula is C12H9N5O2-2. The molecular weight excluding hydrogens is 246 g/mol. The second-order valence-electron chi connectivity index (χ2n) is 3.84. The SMILES string of the molecule is [O-]N1NC(=Nc2cccnc2)N([O-])c2ccccc21. The topological polar surface area (TPSA) is 89.9 Å². The fraction of sp³-hybridized carbons (Fsp3) is 0. The molecule has 0 amide bonds. The van der Waals surface area contributed by atoms with Crippen LogP contribution < -0.4 is 15.7 Å². The maximum atomic E-state index is 12.1. The van der Waals surface area contributed by atoms with E-state index in [2.05, 4.69) is 15.4 Å². The minimum Gasteiger partial charge on any atom is -0.752 e. The third kappa shape index (κ3) is 2.07. The average molecular weight is 255 g/mol. The fourth-order valence-electron chi connectivity index (χ4n) is 1.73. The molecule has 1 aliphatic heterocycles. The molecule has 0 atom stereocenters. The number of fused-ring (bicyclic) bond motifs is 1. The highest BCUT2D eigenvalue weighted by atomic mass is 16.6. The molecule has 0 spiro atoms. The molecule has 19 heavy (non-hydrogen) atoms. The Labute approximate surface area is 108 Å². The van der Waals surface area contributed by atoms with E-state index in [4.69, 9.17) is 0 Å². The highest BCUT2D eigenvalue weighted by Gasteiger charge is 2.16. The molecule has 0 bridgehead atoms. The molecule has 1 aromatic carbocycles. The van der Waals surface area contributed by atoms with E-state index in [-0.39, 0.29) is 17.3 Å². The molecule has 7 heteroatoms. The van der Waals surface area contributed by atoms with Crippen molar-refractivity contribution >= 4 is 23.0 Å². The van der Waals surface area contributed by atoms with Gasteiger partial charge in [0.05, 0.1) is 23.3 Å². The number of aromatic nitrogens is 1. The van der Waals surface area contributed by atoms with Crippen molar-refractivity contribution in [2.45, 2.75) is 0 Å². The smallest absolute Gasteiger partial charge is 0.211 e. The van der Waals surface area contributed by atoms with Gasteiger partial charge < -0.3 is 20.6 Å². The summed E-state index contributed by atoms with van der Waals surface area (Å²) in [7, 11) is 0. The minimum absolute atomic E-state index is 0.0956. The Morgan fingerprint density at radius 3 is 2.58 bits per heavy atom. The molecule has 0 saturated carbocycles. The molecule has 7 nitrogen and oxygen atoms in total. The summed E-state index contributed by atoms with van der Waals surface area (Å²) in [5.41, 5.74) is 3.37. The Balaban J connectivity index is 2.01. The molecule has 1 N–H and O–H groups in total. The van der Waals surface area contributed by atoms with Gasteiger partial charge in [-0.15, -0.1) is 0 Å². The van der Waals surface area contributed by atoms with Gasteiger partial charge in [0.25, 0.3) is 0 Å². The van der Waals surface area contributed by atoms with Gasteiger partial charge in [-0.3, -0.25) is 10.4 Å². The van der Waals surface area contributed by atoms with Crippen LogP contribution in [-0.4, -0.2) is 10.9 Å². The van der Waals surface area contributed by atoms with Gasteiger partial charge in [0.1, 0.15) is 0 Å². The van der Waals surface area contributed by atoms with Gasteiger partial charge in [0, 0.05) is 6.20 Å². The molecule has 0 aliphatic carbocycles. The first-order valence-corrected chi connectivity index (χ1v) is 5.54. The lowest BCUT2D eigenvalue weighted by Crippen LogP contribution is -2.50. The van der Waals surface area contributed by atoms with Gasteiger partial charge in [0.15, 0.2) is 0 Å². The van der Waals surface area contributed by atoms with Crippen LogP contribution in [-0.2, 0) is 0 Å². The van der Waals surface area contributed by atoms with Crippen molar-refractivity contribution < 1.29 is 0 Å². The number of benzene rings is 1. The number of anilines is 2. The molecule has 0 saturated heterocycles. The van der Waals surface area contributed by atoms with E-state index >= 15 is 0 Å². The van der Waals surface area contributed by atoms with Gasteiger partial charge in [-0.2, -0.15) is 0 Å². The summed E-state index contributed by atoms with van der Waals surface area (Å²) in [5, 5.41) is 25.0. The van der Waals surface area contributed by atoms with E-state index in [1.54, 1.807) is 42.6 Å². The fourth-order valence-corrected chi connectivity index (χ4v) is 1.73. The lowest BCUT2D eigenvalue weighted by molar-refractivity contribution is 0.883. The number of guanidine groups is 1. The van der Waals surface area contributed by atoms with Gasteiger partial charge in [-0.05, 0) is 24.3 Å². The summed E-state index contributed by atoms with van der Waals surface area (Å²) in [6.07, 6.45) is 3.10. The zero-order valence-electron chi connectivity index (χ0n) is 9.72. The van der Waals surface area contributed by atoms with E-state index in [1.807, 2.05) is 0 Å². The van der Waals surface area contributed by atoms with Crippen LogP contribution in [0, 0.1) is 10.4 Å². The molecule has 0 unspecified atom stereocenters. The molecule has 0 radical (unpaired) electrons. The minimum atomic E-state index is -0.0956. The van der Waals surface area contributed by atoms with Crippen LogP contribution in [0.1, 0.15) is 0 Å². The van der Waals surface area contributed by atoms with Crippen LogP contribution in [0.4, 0.5) is 17.1 Å². The zero-order chi connectivity index (χ0) is 13.2. The molecule has 96 valence electrons. The van der Waals surface area contributed by atoms with Crippen LogP contribution in [0.3, 0.4) is 0 Å². The largest absolute Gasteiger partial charge is 0.752 e. The number of rotatable bonds is 1. The Morgan fingerprint density at radius 1 is 1.05 bits per heavy atom. The van der Waals surface area contributed by atoms with Crippen molar-refractivity contribution in [1.29, 1.82) is 0 Å². The number of hydroxylamine groups is 1. The van der Waals surface area contributed by atoms with Crippen LogP contribution >= 0.6 is 0 Å². The van der Waals surface area contributed by atoms with Crippen LogP contribution in [0.5, 0.6) is 0 Å². The second kappa shape index (κ2) is 4.56. The average Bonchev–Trinajstić information content (AvgIpc) is 2.46. The number of hydrazine groups is 1. The lowest BCUT2D eigenvalue weighted by Gasteiger charge is -2.46. The van der Waals surface area contributed by atoms with Crippen molar-refractivity contribution in [1.82, 2.24) is 10.4 Å². The Hall–Kier alpha value is -2.64. The first kappa shape index (κ1) is 11.5. The van der Waals surface area contributed by atoms with E-state index < -0.39 is 0 Å². The van der Waals surface area contributed by atoms with Crippen LogP contribution in [0.2, 0.25) is 0 Å². The summed E-state index contributed by atoms with van der Waals surface area (Å²) in [4.78, 5) is 7.95. The Morgan fingerprint density at radius 2 is 1.84 bits per heavy atom. The van der Waals surface area contributed by atoms with Crippen LogP contribution in [0.15, 0.2) is 53.8 Å². The van der Waals surface area contributed by atoms with E-state index in [0.717, 1.165) is 0 Å².